The standard InChI is InChI=1S/C28H25N2O4/c1-28(2,3)15-12-13-18-19(14-15)23-17-9-5-4-8-16(17)22(18)24-25(23)27(32)29(26(24)31)20-10-6-7-11-21(20)30(33)34/h4-14,22-25,33H,1-3H3/q-1/t22-,23-,24+,25-/m1/s1. The minimum absolute atomic E-state index is 0.0518. The zero-order valence-corrected chi connectivity index (χ0v) is 19.2. The molecule has 34 heavy (non-hydrogen) atoms. The smallest absolute Gasteiger partial charge is 0.238 e. The van der Waals surface area contributed by atoms with Gasteiger partial charge in [-0.1, -0.05) is 75.4 Å². The molecule has 3 aromatic carbocycles. The van der Waals surface area contributed by atoms with Gasteiger partial charge in [0.1, 0.15) is 0 Å². The van der Waals surface area contributed by atoms with Gasteiger partial charge in [-0.25, -0.2) is 4.90 Å². The number of amides is 2. The third kappa shape index (κ3) is 2.70. The maximum absolute atomic E-state index is 13.9. The van der Waals surface area contributed by atoms with E-state index in [1.54, 1.807) is 12.1 Å². The first-order valence-corrected chi connectivity index (χ1v) is 11.6. The largest absolute Gasteiger partial charge is 0.733 e. The average molecular weight is 454 g/mol. The van der Waals surface area contributed by atoms with Gasteiger partial charge in [0.15, 0.2) is 0 Å². The summed E-state index contributed by atoms with van der Waals surface area (Å²) in [7, 11) is 0. The predicted molar refractivity (Wildman–Crippen MR) is 129 cm³/mol. The first-order chi connectivity index (χ1) is 16.2. The number of imide groups is 1. The lowest BCUT2D eigenvalue weighted by Crippen LogP contribution is -2.41. The highest BCUT2D eigenvalue weighted by Gasteiger charge is 2.62. The molecule has 0 spiro atoms. The van der Waals surface area contributed by atoms with Crippen LogP contribution in [0, 0.1) is 17.0 Å². The van der Waals surface area contributed by atoms with Gasteiger partial charge in [-0.3, -0.25) is 14.8 Å². The molecule has 1 N–H and O–H groups in total. The van der Waals surface area contributed by atoms with Crippen molar-refractivity contribution in [2.24, 2.45) is 11.8 Å². The quantitative estimate of drug-likeness (QED) is 0.432. The first kappa shape index (κ1) is 21.1. The van der Waals surface area contributed by atoms with Gasteiger partial charge in [0.05, 0.1) is 23.2 Å². The van der Waals surface area contributed by atoms with Gasteiger partial charge in [0, 0.05) is 11.8 Å². The summed E-state index contributed by atoms with van der Waals surface area (Å²) in [5.41, 5.74) is 5.53. The fourth-order valence-electron chi connectivity index (χ4n) is 6.25. The Bertz CT molecular complexity index is 1360. The van der Waals surface area contributed by atoms with E-state index < -0.39 is 11.8 Å². The minimum Gasteiger partial charge on any atom is -0.733 e. The van der Waals surface area contributed by atoms with Crippen LogP contribution in [0.5, 0.6) is 0 Å². The van der Waals surface area contributed by atoms with Gasteiger partial charge >= 0.3 is 0 Å². The van der Waals surface area contributed by atoms with Gasteiger partial charge in [0.2, 0.25) is 11.8 Å². The van der Waals surface area contributed by atoms with Crippen LogP contribution in [0.1, 0.15) is 60.4 Å². The highest BCUT2D eigenvalue weighted by atomic mass is 16.8. The summed E-state index contributed by atoms with van der Waals surface area (Å²) in [6.45, 7) is 6.50. The zero-order valence-electron chi connectivity index (χ0n) is 19.2. The molecule has 1 heterocycles. The number of benzene rings is 3. The molecule has 4 atom stereocenters. The second-order valence-electron chi connectivity index (χ2n) is 10.5. The first-order valence-electron chi connectivity index (χ1n) is 11.6. The zero-order chi connectivity index (χ0) is 23.9. The molecule has 6 nitrogen and oxygen atoms in total. The molecule has 0 unspecified atom stereocenters. The van der Waals surface area contributed by atoms with E-state index in [1.807, 2.05) is 12.1 Å². The Labute approximate surface area is 198 Å². The molecule has 2 amide bonds. The molecule has 0 radical (unpaired) electrons. The summed E-state index contributed by atoms with van der Waals surface area (Å²) in [4.78, 5) is 28.9. The van der Waals surface area contributed by atoms with Crippen LogP contribution >= 0.6 is 0 Å². The van der Waals surface area contributed by atoms with Crippen molar-refractivity contribution < 1.29 is 14.8 Å². The molecule has 172 valence electrons. The normalized spacial score (nSPS) is 24.7. The number of anilines is 2. The lowest BCUT2D eigenvalue weighted by Gasteiger charge is -2.46. The van der Waals surface area contributed by atoms with Crippen molar-refractivity contribution in [1.82, 2.24) is 0 Å². The highest BCUT2D eigenvalue weighted by molar-refractivity contribution is 6.24. The van der Waals surface area contributed by atoms with Gasteiger partial charge in [-0.15, -0.1) is 0 Å². The molecule has 1 saturated heterocycles. The maximum Gasteiger partial charge on any atom is 0.238 e. The molecule has 1 fully saturated rings. The number of carbonyl (C=O) groups is 2. The summed E-state index contributed by atoms with van der Waals surface area (Å²) >= 11 is 0. The Morgan fingerprint density at radius 3 is 1.91 bits per heavy atom. The predicted octanol–water partition coefficient (Wildman–Crippen LogP) is 5.07. The Hall–Kier alpha value is -3.48. The molecule has 4 aliphatic rings. The van der Waals surface area contributed by atoms with E-state index in [0.717, 1.165) is 27.2 Å². The second-order valence-corrected chi connectivity index (χ2v) is 10.5. The third-order valence-corrected chi connectivity index (χ3v) is 7.73. The van der Waals surface area contributed by atoms with Crippen molar-refractivity contribution in [3.8, 4) is 0 Å². The van der Waals surface area contributed by atoms with E-state index in [0.29, 0.717) is 0 Å². The van der Waals surface area contributed by atoms with Crippen LogP contribution in [0.25, 0.3) is 0 Å². The second kappa shape index (κ2) is 7.01. The molecule has 6 heteroatoms. The summed E-state index contributed by atoms with van der Waals surface area (Å²) in [5, 5.41) is 21.1. The summed E-state index contributed by atoms with van der Waals surface area (Å²) < 4.78 is 0. The number of carbonyl (C=O) groups excluding carboxylic acids is 2. The van der Waals surface area contributed by atoms with E-state index in [-0.39, 0.29) is 45.7 Å². The van der Waals surface area contributed by atoms with E-state index in [2.05, 4.69) is 51.1 Å². The van der Waals surface area contributed by atoms with Crippen molar-refractivity contribution in [3.63, 3.8) is 0 Å². The Balaban J connectivity index is 1.56. The van der Waals surface area contributed by atoms with E-state index in [1.165, 1.54) is 17.7 Å². The van der Waals surface area contributed by atoms with Crippen molar-refractivity contribution in [1.29, 1.82) is 0 Å². The molecule has 2 bridgehead atoms. The summed E-state index contributed by atoms with van der Waals surface area (Å²) in [6.07, 6.45) is 0. The monoisotopic (exact) mass is 453 g/mol. The number of rotatable bonds is 2. The fraction of sp³-hybridized carbons (Fsp3) is 0.286. The minimum atomic E-state index is -0.554. The van der Waals surface area contributed by atoms with Crippen LogP contribution in [-0.4, -0.2) is 17.0 Å². The lowest BCUT2D eigenvalue weighted by molar-refractivity contribution is -0.122. The van der Waals surface area contributed by atoms with Gasteiger partial charge in [-0.2, -0.15) is 0 Å². The molecule has 3 aliphatic carbocycles. The van der Waals surface area contributed by atoms with E-state index in [9.17, 15) is 20.0 Å². The van der Waals surface area contributed by atoms with Crippen LogP contribution in [0.4, 0.5) is 11.4 Å². The number of hydrogen-bond donors (Lipinski definition) is 1. The van der Waals surface area contributed by atoms with Gasteiger partial charge in [-0.05, 0) is 45.4 Å². The SMILES string of the molecule is CC(C)(C)c1ccc2c(c1)[C@H]1c3ccccc3[C@H]2[C@@H]2C(=O)N(c3ccccc3N([O-])O)C(=O)[C@H]12. The lowest BCUT2D eigenvalue weighted by atomic mass is 9.54. The van der Waals surface area contributed by atoms with Crippen molar-refractivity contribution >= 4 is 23.2 Å². The summed E-state index contributed by atoms with van der Waals surface area (Å²) in [5.74, 6) is -2.22. The van der Waals surface area contributed by atoms with Gasteiger partial charge < -0.3 is 10.4 Å². The van der Waals surface area contributed by atoms with E-state index in [4.69, 9.17) is 0 Å². The third-order valence-electron chi connectivity index (χ3n) is 7.73. The van der Waals surface area contributed by atoms with Crippen molar-refractivity contribution in [2.75, 3.05) is 10.1 Å². The van der Waals surface area contributed by atoms with Crippen molar-refractivity contribution in [2.45, 2.75) is 38.0 Å². The molecular weight excluding hydrogens is 428 g/mol. The van der Waals surface area contributed by atoms with Crippen LogP contribution < -0.4 is 10.1 Å². The topological polar surface area (TPSA) is 83.9 Å². The summed E-state index contributed by atoms with van der Waals surface area (Å²) in [6, 6.07) is 20.7. The molecule has 1 aliphatic heterocycles. The fourth-order valence-corrected chi connectivity index (χ4v) is 6.25. The highest BCUT2D eigenvalue weighted by Crippen LogP contribution is 2.62. The van der Waals surface area contributed by atoms with E-state index >= 15 is 0 Å². The van der Waals surface area contributed by atoms with Crippen LogP contribution in [0.2, 0.25) is 0 Å². The Kier molecular flexibility index (Phi) is 4.35. The molecule has 7 rings (SSSR count). The van der Waals surface area contributed by atoms with Gasteiger partial charge in [0.25, 0.3) is 0 Å². The van der Waals surface area contributed by atoms with Crippen LogP contribution in [0.3, 0.4) is 0 Å². The Morgan fingerprint density at radius 1 is 0.794 bits per heavy atom. The molecule has 0 saturated carbocycles. The maximum atomic E-state index is 13.9. The number of para-hydroxylation sites is 2. The van der Waals surface area contributed by atoms with Crippen molar-refractivity contribution in [3.05, 3.63) is 99.8 Å². The number of nitrogens with zero attached hydrogens (tertiary/aromatic N) is 2. The average Bonchev–Trinajstić information content (AvgIpc) is 3.08. The molecule has 3 aromatic rings. The molecule has 0 aromatic heterocycles. The van der Waals surface area contributed by atoms with Crippen LogP contribution in [-0.2, 0) is 15.0 Å². The molecular formula is C28H25N2O4-. The number of hydrogen-bond acceptors (Lipinski definition) is 5. The van der Waals surface area contributed by atoms with Crippen LogP contribution in [0.15, 0.2) is 66.7 Å². The Morgan fingerprint density at radius 2 is 1.32 bits per heavy atom.